The van der Waals surface area contributed by atoms with Crippen LogP contribution in [0.1, 0.15) is 50.5 Å². The summed E-state index contributed by atoms with van der Waals surface area (Å²) in [5.74, 6) is 0.536. The fraction of sp³-hybridized carbons (Fsp3) is 0.480. The summed E-state index contributed by atoms with van der Waals surface area (Å²) >= 11 is 0. The van der Waals surface area contributed by atoms with Crippen LogP contribution in [-0.2, 0) is 16.0 Å². The number of primary amides is 1. The largest absolute Gasteiger partial charge is 0.369 e. The first kappa shape index (κ1) is 20.6. The molecule has 158 valence electrons. The number of nitrogens with zero attached hydrogens (tertiary/aromatic N) is 2. The van der Waals surface area contributed by atoms with Gasteiger partial charge in [0.15, 0.2) is 0 Å². The van der Waals surface area contributed by atoms with Crippen molar-refractivity contribution >= 4 is 11.8 Å². The smallest absolute Gasteiger partial charge is 0.224 e. The highest BCUT2D eigenvalue weighted by Gasteiger charge is 2.41. The zero-order valence-corrected chi connectivity index (χ0v) is 17.6. The molecule has 1 aliphatic carbocycles. The van der Waals surface area contributed by atoms with Crippen LogP contribution < -0.4 is 5.73 Å². The highest BCUT2D eigenvalue weighted by atomic mass is 16.2. The van der Waals surface area contributed by atoms with E-state index in [4.69, 9.17) is 5.73 Å². The molecule has 0 spiro atoms. The van der Waals surface area contributed by atoms with Crippen LogP contribution in [0.15, 0.2) is 48.8 Å². The Labute approximate surface area is 178 Å². The van der Waals surface area contributed by atoms with Crippen molar-refractivity contribution in [3.8, 4) is 11.1 Å². The van der Waals surface area contributed by atoms with E-state index in [1.165, 1.54) is 25.7 Å². The van der Waals surface area contributed by atoms with Gasteiger partial charge in [0, 0.05) is 37.5 Å². The first-order chi connectivity index (χ1) is 14.6. The number of hydrogen-bond acceptors (Lipinski definition) is 3. The number of hydrogen-bond donors (Lipinski definition) is 1. The maximum absolute atomic E-state index is 12.7. The molecule has 2 N–H and O–H groups in total. The molecule has 2 aliphatic rings. The number of nitrogens with two attached hydrogens (primary N) is 1. The summed E-state index contributed by atoms with van der Waals surface area (Å²) in [7, 11) is 0. The molecule has 1 saturated heterocycles. The van der Waals surface area contributed by atoms with Gasteiger partial charge in [-0.05, 0) is 55.2 Å². The standard InChI is InChI=1S/C25H31N3O2/c26-24(30)25(11-14-28(15-12-25)23(29)16-19-6-1-2-7-19)17-20-8-3-4-10-22(20)21-9-5-13-27-18-21/h3-5,8-10,13,18-19H,1-2,6-7,11-12,14-17H2,(H2,26,30). The lowest BCUT2D eigenvalue weighted by Gasteiger charge is -2.40. The van der Waals surface area contributed by atoms with Crippen LogP contribution in [0.4, 0.5) is 0 Å². The van der Waals surface area contributed by atoms with Crippen LogP contribution in [0, 0.1) is 11.3 Å². The third-order valence-electron chi connectivity index (χ3n) is 7.05. The van der Waals surface area contributed by atoms with Crippen LogP contribution in [0.2, 0.25) is 0 Å². The maximum Gasteiger partial charge on any atom is 0.224 e. The Morgan fingerprint density at radius 3 is 2.47 bits per heavy atom. The molecule has 5 nitrogen and oxygen atoms in total. The Bertz CT molecular complexity index is 882. The van der Waals surface area contributed by atoms with Gasteiger partial charge in [0.05, 0.1) is 5.41 Å². The summed E-state index contributed by atoms with van der Waals surface area (Å²) in [6.45, 7) is 1.23. The van der Waals surface area contributed by atoms with Crippen LogP contribution >= 0.6 is 0 Å². The highest BCUT2D eigenvalue weighted by Crippen LogP contribution is 2.38. The Hall–Kier alpha value is -2.69. The molecule has 2 amide bonds. The first-order valence-corrected chi connectivity index (χ1v) is 11.1. The van der Waals surface area contributed by atoms with Gasteiger partial charge in [0.2, 0.25) is 11.8 Å². The lowest BCUT2D eigenvalue weighted by atomic mass is 9.72. The average molecular weight is 406 g/mol. The zero-order valence-electron chi connectivity index (χ0n) is 17.6. The molecule has 2 fully saturated rings. The van der Waals surface area contributed by atoms with E-state index in [-0.39, 0.29) is 11.8 Å². The Morgan fingerprint density at radius 1 is 1.07 bits per heavy atom. The summed E-state index contributed by atoms with van der Waals surface area (Å²) in [5, 5.41) is 0. The van der Waals surface area contributed by atoms with Crippen LogP contribution in [0.3, 0.4) is 0 Å². The van der Waals surface area contributed by atoms with Crippen LogP contribution in [0.25, 0.3) is 11.1 Å². The quantitative estimate of drug-likeness (QED) is 0.790. The van der Waals surface area contributed by atoms with Crippen molar-refractivity contribution in [2.45, 2.75) is 51.4 Å². The Kier molecular flexibility index (Phi) is 6.16. The van der Waals surface area contributed by atoms with E-state index in [0.717, 1.165) is 16.7 Å². The Morgan fingerprint density at radius 2 is 1.80 bits per heavy atom. The molecule has 5 heteroatoms. The van der Waals surface area contributed by atoms with E-state index < -0.39 is 5.41 Å². The molecule has 4 rings (SSSR count). The van der Waals surface area contributed by atoms with Gasteiger partial charge in [0.25, 0.3) is 0 Å². The molecule has 0 bridgehead atoms. The number of piperidine rings is 1. The van der Waals surface area contributed by atoms with Gasteiger partial charge in [-0.15, -0.1) is 0 Å². The first-order valence-electron chi connectivity index (χ1n) is 11.1. The maximum atomic E-state index is 12.7. The minimum Gasteiger partial charge on any atom is -0.369 e. The molecule has 30 heavy (non-hydrogen) atoms. The molecule has 2 heterocycles. The second kappa shape index (κ2) is 8.99. The number of aromatic nitrogens is 1. The highest BCUT2D eigenvalue weighted by molar-refractivity contribution is 5.83. The van der Waals surface area contributed by atoms with Gasteiger partial charge in [0.1, 0.15) is 0 Å². The molecule has 0 atom stereocenters. The average Bonchev–Trinajstić information content (AvgIpc) is 3.28. The molecule has 2 aromatic rings. The number of benzene rings is 1. The van der Waals surface area contributed by atoms with Crippen molar-refractivity contribution in [3.63, 3.8) is 0 Å². The molecule has 0 radical (unpaired) electrons. The van der Waals surface area contributed by atoms with E-state index in [1.807, 2.05) is 35.4 Å². The number of amides is 2. The fourth-order valence-corrected chi connectivity index (χ4v) is 5.13. The predicted molar refractivity (Wildman–Crippen MR) is 117 cm³/mol. The van der Waals surface area contributed by atoms with Gasteiger partial charge >= 0.3 is 0 Å². The van der Waals surface area contributed by atoms with Crippen LogP contribution in [-0.4, -0.2) is 34.8 Å². The minimum absolute atomic E-state index is 0.246. The number of carbonyl (C=O) groups is 2. The van der Waals surface area contributed by atoms with E-state index >= 15 is 0 Å². The third-order valence-corrected chi connectivity index (χ3v) is 7.05. The summed E-state index contributed by atoms with van der Waals surface area (Å²) < 4.78 is 0. The summed E-state index contributed by atoms with van der Waals surface area (Å²) in [6, 6.07) is 12.1. The normalized spacial score (nSPS) is 19.0. The van der Waals surface area contributed by atoms with Gasteiger partial charge < -0.3 is 10.6 Å². The fourth-order valence-electron chi connectivity index (χ4n) is 5.13. The zero-order chi connectivity index (χ0) is 21.0. The summed E-state index contributed by atoms with van der Waals surface area (Å²) in [4.78, 5) is 31.5. The van der Waals surface area contributed by atoms with Gasteiger partial charge in [-0.1, -0.05) is 43.2 Å². The topological polar surface area (TPSA) is 76.3 Å². The number of likely N-dealkylation sites (tertiary alicyclic amines) is 1. The molecular weight excluding hydrogens is 374 g/mol. The summed E-state index contributed by atoms with van der Waals surface area (Å²) in [6.07, 6.45) is 11.0. The van der Waals surface area contributed by atoms with Gasteiger partial charge in [-0.2, -0.15) is 0 Å². The molecule has 1 aromatic heterocycles. The van der Waals surface area contributed by atoms with Crippen molar-refractivity contribution in [3.05, 3.63) is 54.4 Å². The predicted octanol–water partition coefficient (Wildman–Crippen LogP) is 3.97. The summed E-state index contributed by atoms with van der Waals surface area (Å²) in [5.41, 5.74) is 8.56. The van der Waals surface area contributed by atoms with Gasteiger partial charge in [-0.25, -0.2) is 0 Å². The van der Waals surface area contributed by atoms with Crippen LogP contribution in [0.5, 0.6) is 0 Å². The minimum atomic E-state index is -0.609. The monoisotopic (exact) mass is 405 g/mol. The lowest BCUT2D eigenvalue weighted by Crippen LogP contribution is -2.50. The molecular formula is C25H31N3O2. The third kappa shape index (κ3) is 4.40. The van der Waals surface area contributed by atoms with Crippen molar-refractivity contribution in [2.75, 3.05) is 13.1 Å². The SMILES string of the molecule is NC(=O)C1(Cc2ccccc2-c2cccnc2)CCN(C(=O)CC2CCCC2)CC1. The van der Waals surface area contributed by atoms with E-state index in [2.05, 4.69) is 17.1 Å². The number of pyridine rings is 1. The second-order valence-corrected chi connectivity index (χ2v) is 8.96. The van der Waals surface area contributed by atoms with E-state index in [0.29, 0.717) is 44.7 Å². The van der Waals surface area contributed by atoms with Crippen molar-refractivity contribution < 1.29 is 9.59 Å². The van der Waals surface area contributed by atoms with Crippen molar-refractivity contribution in [1.82, 2.24) is 9.88 Å². The second-order valence-electron chi connectivity index (χ2n) is 8.96. The van der Waals surface area contributed by atoms with Crippen molar-refractivity contribution in [1.29, 1.82) is 0 Å². The number of rotatable bonds is 6. The molecule has 1 saturated carbocycles. The van der Waals surface area contributed by atoms with Gasteiger partial charge in [-0.3, -0.25) is 14.6 Å². The molecule has 0 unspecified atom stereocenters. The molecule has 1 aliphatic heterocycles. The van der Waals surface area contributed by atoms with E-state index in [1.54, 1.807) is 6.20 Å². The lowest BCUT2D eigenvalue weighted by molar-refractivity contribution is -0.139. The van der Waals surface area contributed by atoms with E-state index in [9.17, 15) is 9.59 Å². The molecule has 1 aromatic carbocycles. The Balaban J connectivity index is 1.48. The number of carbonyl (C=O) groups excluding carboxylic acids is 2. The van der Waals surface area contributed by atoms with Crippen molar-refractivity contribution in [2.24, 2.45) is 17.1 Å².